The molecule has 0 bridgehead atoms. The van der Waals surface area contributed by atoms with Crippen LogP contribution in [0.25, 0.3) is 0 Å². The van der Waals surface area contributed by atoms with Crippen LogP contribution in [0.1, 0.15) is 31.9 Å². The number of amides is 1. The molecule has 0 aliphatic rings. The lowest BCUT2D eigenvalue weighted by atomic mass is 10.00. The summed E-state index contributed by atoms with van der Waals surface area (Å²) >= 11 is 0. The second kappa shape index (κ2) is 6.89. The van der Waals surface area contributed by atoms with Gasteiger partial charge in [0.2, 0.25) is 0 Å². The lowest BCUT2D eigenvalue weighted by Crippen LogP contribution is -2.50. The van der Waals surface area contributed by atoms with Crippen molar-refractivity contribution in [1.82, 2.24) is 5.32 Å². The van der Waals surface area contributed by atoms with Crippen molar-refractivity contribution in [2.24, 2.45) is 0 Å². The van der Waals surface area contributed by atoms with Crippen molar-refractivity contribution in [3.05, 3.63) is 35.4 Å². The van der Waals surface area contributed by atoms with E-state index in [4.69, 9.17) is 4.74 Å². The summed E-state index contributed by atoms with van der Waals surface area (Å²) < 4.78 is 43.6. The van der Waals surface area contributed by atoms with E-state index in [9.17, 15) is 27.9 Å². The van der Waals surface area contributed by atoms with Crippen LogP contribution in [0.5, 0.6) is 0 Å². The van der Waals surface area contributed by atoms with Gasteiger partial charge < -0.3 is 20.0 Å². The number of halogens is 3. The maximum atomic E-state index is 12.9. The van der Waals surface area contributed by atoms with E-state index in [0.717, 1.165) is 12.1 Å². The summed E-state index contributed by atoms with van der Waals surface area (Å²) in [5, 5.41) is 13.1. The number of carboxylic acids is 1. The molecule has 0 radical (unpaired) electrons. The molecule has 23 heavy (non-hydrogen) atoms. The number of alkyl halides is 3. The van der Waals surface area contributed by atoms with Gasteiger partial charge in [0, 0.05) is 0 Å². The van der Waals surface area contributed by atoms with Crippen LogP contribution in [0.4, 0.5) is 18.0 Å². The normalized spacial score (nSPS) is 13.3. The number of carbonyl (C=O) groups is 2. The Bertz CT molecular complexity index is 579. The Morgan fingerprint density at radius 1 is 1.22 bits per heavy atom. The average molecular weight is 332 g/mol. The smallest absolute Gasteiger partial charge is 0.416 e. The maximum absolute atomic E-state index is 12.9. The van der Waals surface area contributed by atoms with Gasteiger partial charge in [0.1, 0.15) is 5.60 Å². The fourth-order valence-electron chi connectivity index (χ4n) is 1.84. The predicted octanol–water partition coefficient (Wildman–Crippen LogP) is 1.89. The fourth-order valence-corrected chi connectivity index (χ4v) is 1.84. The molecule has 0 heterocycles. The van der Waals surface area contributed by atoms with Crippen LogP contribution < -0.4 is 10.4 Å². The van der Waals surface area contributed by atoms with Crippen molar-refractivity contribution in [3.63, 3.8) is 0 Å². The second-order valence-corrected chi connectivity index (χ2v) is 5.88. The van der Waals surface area contributed by atoms with E-state index in [1.807, 2.05) is 5.32 Å². The number of nitrogens with one attached hydrogen (secondary N) is 1. The summed E-state index contributed by atoms with van der Waals surface area (Å²) in [6.07, 6.45) is -6.24. The molecule has 0 fully saturated rings. The van der Waals surface area contributed by atoms with Gasteiger partial charge in [0.25, 0.3) is 0 Å². The van der Waals surface area contributed by atoms with Crippen molar-refractivity contribution in [2.45, 2.75) is 45.0 Å². The van der Waals surface area contributed by atoms with E-state index < -0.39 is 41.9 Å². The molecule has 8 heteroatoms. The van der Waals surface area contributed by atoms with Gasteiger partial charge in [0.15, 0.2) is 0 Å². The van der Waals surface area contributed by atoms with Crippen molar-refractivity contribution in [2.75, 3.05) is 0 Å². The predicted molar refractivity (Wildman–Crippen MR) is 73.3 cm³/mol. The van der Waals surface area contributed by atoms with Gasteiger partial charge in [-0.1, -0.05) is 18.2 Å². The van der Waals surface area contributed by atoms with Gasteiger partial charge in [-0.3, -0.25) is 0 Å². The van der Waals surface area contributed by atoms with Crippen LogP contribution >= 0.6 is 0 Å². The number of rotatable bonds is 4. The molecule has 0 aliphatic heterocycles. The van der Waals surface area contributed by atoms with Gasteiger partial charge >= 0.3 is 12.3 Å². The number of aliphatic carboxylic acids is 1. The summed E-state index contributed by atoms with van der Waals surface area (Å²) in [6.45, 7) is 4.71. The Morgan fingerprint density at radius 2 is 1.78 bits per heavy atom. The molecular weight excluding hydrogens is 315 g/mol. The van der Waals surface area contributed by atoms with Crippen LogP contribution in [-0.4, -0.2) is 23.7 Å². The quantitative estimate of drug-likeness (QED) is 0.913. The zero-order chi connectivity index (χ0) is 17.8. The summed E-state index contributed by atoms with van der Waals surface area (Å²) in [6, 6.07) is 2.89. The summed E-state index contributed by atoms with van der Waals surface area (Å²) in [4.78, 5) is 22.7. The average Bonchev–Trinajstić information content (AvgIpc) is 2.34. The molecule has 1 amide bonds. The lowest BCUT2D eigenvalue weighted by Gasteiger charge is -2.25. The van der Waals surface area contributed by atoms with E-state index >= 15 is 0 Å². The zero-order valence-electron chi connectivity index (χ0n) is 12.9. The third-order valence-corrected chi connectivity index (χ3v) is 2.72. The molecule has 1 aromatic carbocycles. The van der Waals surface area contributed by atoms with E-state index in [2.05, 4.69) is 0 Å². The zero-order valence-corrected chi connectivity index (χ0v) is 12.9. The summed E-state index contributed by atoms with van der Waals surface area (Å²) in [5.41, 5.74) is -2.09. The summed E-state index contributed by atoms with van der Waals surface area (Å²) in [5.74, 6) is -1.70. The third kappa shape index (κ3) is 6.17. The minimum atomic E-state index is -4.63. The first-order chi connectivity index (χ1) is 10.4. The molecule has 128 valence electrons. The molecule has 0 aliphatic carbocycles. The highest BCUT2D eigenvalue weighted by Gasteiger charge is 2.33. The van der Waals surface area contributed by atoms with Crippen LogP contribution in [0.3, 0.4) is 0 Å². The van der Waals surface area contributed by atoms with Crippen LogP contribution in [-0.2, 0) is 22.1 Å². The first kappa shape index (κ1) is 18.8. The minimum absolute atomic E-state index is 0.259. The molecule has 1 aromatic rings. The maximum Gasteiger partial charge on any atom is 0.416 e. The number of benzene rings is 1. The fraction of sp³-hybridized carbons (Fsp3) is 0.467. The molecular formula is C15H17F3NO4-. The number of carbonyl (C=O) groups excluding carboxylic acids is 2. The van der Waals surface area contributed by atoms with Gasteiger partial charge in [-0.15, -0.1) is 0 Å². The van der Waals surface area contributed by atoms with Crippen molar-refractivity contribution >= 4 is 12.1 Å². The Kier molecular flexibility index (Phi) is 5.63. The van der Waals surface area contributed by atoms with Gasteiger partial charge in [0.05, 0.1) is 17.6 Å². The highest BCUT2D eigenvalue weighted by atomic mass is 19.4. The standard InChI is InChI=1S/C15H18F3NO4/c1-14(2,3)23-13(22)19-11(12(20)21)8-9-6-4-5-7-10(9)15(16,17)18/h4-7,11H,8H2,1-3H3,(H,19,22)(H,20,21)/p-1/t11-/m1/s1. The Labute approximate surface area is 131 Å². The van der Waals surface area contributed by atoms with Crippen LogP contribution in [0, 0.1) is 0 Å². The van der Waals surface area contributed by atoms with E-state index in [-0.39, 0.29) is 5.56 Å². The molecule has 0 saturated carbocycles. The van der Waals surface area contributed by atoms with E-state index in [0.29, 0.717) is 0 Å². The minimum Gasteiger partial charge on any atom is -0.548 e. The molecule has 1 rings (SSSR count). The number of alkyl carbamates (subject to hydrolysis) is 1. The van der Waals surface area contributed by atoms with Gasteiger partial charge in [-0.05, 0) is 38.8 Å². The number of hydrogen-bond donors (Lipinski definition) is 1. The second-order valence-electron chi connectivity index (χ2n) is 5.88. The van der Waals surface area contributed by atoms with E-state index in [1.165, 1.54) is 12.1 Å². The largest absolute Gasteiger partial charge is 0.548 e. The molecule has 0 aromatic heterocycles. The number of carboxylic acid groups (broad SMARTS) is 1. The third-order valence-electron chi connectivity index (χ3n) is 2.72. The lowest BCUT2D eigenvalue weighted by molar-refractivity contribution is -0.308. The molecule has 1 atom stereocenters. The highest BCUT2D eigenvalue weighted by molar-refractivity contribution is 5.79. The highest BCUT2D eigenvalue weighted by Crippen LogP contribution is 2.32. The molecule has 0 saturated heterocycles. The Hall–Kier alpha value is -2.25. The molecule has 1 N–H and O–H groups in total. The van der Waals surface area contributed by atoms with Crippen molar-refractivity contribution < 1.29 is 32.6 Å². The molecule has 0 unspecified atom stereocenters. The van der Waals surface area contributed by atoms with Gasteiger partial charge in [-0.2, -0.15) is 13.2 Å². The molecule has 0 spiro atoms. The van der Waals surface area contributed by atoms with Crippen molar-refractivity contribution in [3.8, 4) is 0 Å². The van der Waals surface area contributed by atoms with Crippen LogP contribution in [0.15, 0.2) is 24.3 Å². The van der Waals surface area contributed by atoms with Crippen LogP contribution in [0.2, 0.25) is 0 Å². The molecule has 5 nitrogen and oxygen atoms in total. The number of ether oxygens (including phenoxy) is 1. The Balaban J connectivity index is 2.94. The summed E-state index contributed by atoms with van der Waals surface area (Å²) in [7, 11) is 0. The van der Waals surface area contributed by atoms with Crippen molar-refractivity contribution in [1.29, 1.82) is 0 Å². The Morgan fingerprint density at radius 3 is 2.26 bits per heavy atom. The SMILES string of the molecule is CC(C)(C)OC(=O)N[C@H](Cc1ccccc1C(F)(F)F)C(=O)[O-]. The topological polar surface area (TPSA) is 78.5 Å². The first-order valence-corrected chi connectivity index (χ1v) is 6.75. The first-order valence-electron chi connectivity index (χ1n) is 6.75. The van der Waals surface area contributed by atoms with Gasteiger partial charge in [-0.25, -0.2) is 4.79 Å². The van der Waals surface area contributed by atoms with E-state index in [1.54, 1.807) is 20.8 Å². The number of hydrogen-bond acceptors (Lipinski definition) is 4. The monoisotopic (exact) mass is 332 g/mol.